The summed E-state index contributed by atoms with van der Waals surface area (Å²) in [5.74, 6) is 0.879. The molecule has 0 saturated heterocycles. The second-order valence-electron chi connectivity index (χ2n) is 4.28. The molecule has 1 amide bonds. The molecule has 1 aromatic heterocycles. The number of hydrogen-bond donors (Lipinski definition) is 2. The van der Waals surface area contributed by atoms with E-state index >= 15 is 0 Å². The van der Waals surface area contributed by atoms with Crippen molar-refractivity contribution in [2.24, 2.45) is 0 Å². The fraction of sp³-hybridized carbons (Fsp3) is 0.636. The topological polar surface area (TPSA) is 67.0 Å². The predicted octanol–water partition coefficient (Wildman–Crippen LogP) is 0.883. The molecule has 5 nitrogen and oxygen atoms in total. The summed E-state index contributed by atoms with van der Waals surface area (Å²) in [7, 11) is 1.61. The third kappa shape index (κ3) is 4.44. The summed E-state index contributed by atoms with van der Waals surface area (Å²) in [5, 5.41) is 2.83. The molecule has 0 saturated carbocycles. The summed E-state index contributed by atoms with van der Waals surface area (Å²) in [6, 6.07) is 0. The Kier molecular flexibility index (Phi) is 4.49. The molecule has 0 spiro atoms. The predicted molar refractivity (Wildman–Crippen MR) is 61.0 cm³/mol. The zero-order valence-electron chi connectivity index (χ0n) is 10.0. The van der Waals surface area contributed by atoms with Gasteiger partial charge >= 0.3 is 0 Å². The molecule has 16 heavy (non-hydrogen) atoms. The van der Waals surface area contributed by atoms with Gasteiger partial charge in [0.1, 0.15) is 5.82 Å². The maximum Gasteiger partial charge on any atom is 0.222 e. The number of carbonyl (C=O) groups excluding carboxylic acids is 1. The summed E-state index contributed by atoms with van der Waals surface area (Å²) in [5.41, 5.74) is -0.408. The molecule has 1 rings (SSSR count). The number of amides is 1. The molecule has 0 aliphatic rings. The fourth-order valence-electron chi connectivity index (χ4n) is 1.28. The van der Waals surface area contributed by atoms with Crippen molar-refractivity contribution in [3.63, 3.8) is 0 Å². The van der Waals surface area contributed by atoms with Crippen molar-refractivity contribution in [1.82, 2.24) is 15.3 Å². The van der Waals surface area contributed by atoms with Crippen LogP contribution in [0.1, 0.15) is 26.1 Å². The van der Waals surface area contributed by atoms with Crippen LogP contribution in [0.4, 0.5) is 0 Å². The number of nitrogens with one attached hydrogen (secondary N) is 2. The van der Waals surface area contributed by atoms with Crippen LogP contribution in [-0.4, -0.2) is 35.1 Å². The first-order chi connectivity index (χ1) is 7.53. The van der Waals surface area contributed by atoms with Gasteiger partial charge < -0.3 is 15.0 Å². The van der Waals surface area contributed by atoms with E-state index in [0.717, 1.165) is 5.82 Å². The van der Waals surface area contributed by atoms with Crippen LogP contribution in [0.3, 0.4) is 0 Å². The zero-order valence-corrected chi connectivity index (χ0v) is 10.0. The molecule has 90 valence electrons. The average molecular weight is 225 g/mol. The quantitative estimate of drug-likeness (QED) is 0.755. The van der Waals surface area contributed by atoms with Gasteiger partial charge in [-0.1, -0.05) is 0 Å². The van der Waals surface area contributed by atoms with Crippen LogP contribution in [0.5, 0.6) is 0 Å². The minimum absolute atomic E-state index is 0.00148. The first kappa shape index (κ1) is 12.7. The van der Waals surface area contributed by atoms with E-state index in [1.54, 1.807) is 19.5 Å². The Morgan fingerprint density at radius 1 is 1.62 bits per heavy atom. The molecule has 5 heteroatoms. The lowest BCUT2D eigenvalue weighted by atomic mass is 10.1. The molecule has 0 fully saturated rings. The summed E-state index contributed by atoms with van der Waals surface area (Å²) in [4.78, 5) is 18.6. The third-order valence-electron chi connectivity index (χ3n) is 2.38. The first-order valence-corrected chi connectivity index (χ1v) is 5.33. The molecule has 1 heterocycles. The molecule has 0 aromatic carbocycles. The smallest absolute Gasteiger partial charge is 0.222 e. The maximum atomic E-state index is 11.5. The molecule has 0 bridgehead atoms. The lowest BCUT2D eigenvalue weighted by Gasteiger charge is -2.21. The standard InChI is InChI=1S/C11H19N3O2/c1-11(2,16-3)8-10(15)14-5-4-9-12-6-7-13-9/h6-7H,4-5,8H2,1-3H3,(H,12,13)(H,14,15). The van der Waals surface area contributed by atoms with Gasteiger partial charge in [-0.05, 0) is 13.8 Å². The Bertz CT molecular complexity index is 320. The SMILES string of the molecule is COC(C)(C)CC(=O)NCCc1ncc[nH]1. The normalized spacial score (nSPS) is 11.4. The van der Waals surface area contributed by atoms with E-state index in [-0.39, 0.29) is 5.91 Å². The monoisotopic (exact) mass is 225 g/mol. The Balaban J connectivity index is 2.20. The van der Waals surface area contributed by atoms with Gasteiger partial charge in [0.05, 0.1) is 12.0 Å². The van der Waals surface area contributed by atoms with Gasteiger partial charge in [-0.25, -0.2) is 4.98 Å². The van der Waals surface area contributed by atoms with Crippen molar-refractivity contribution in [3.05, 3.63) is 18.2 Å². The van der Waals surface area contributed by atoms with Gasteiger partial charge in [-0.2, -0.15) is 0 Å². The highest BCUT2D eigenvalue weighted by atomic mass is 16.5. The molecule has 0 aliphatic carbocycles. The van der Waals surface area contributed by atoms with E-state index in [0.29, 0.717) is 19.4 Å². The summed E-state index contributed by atoms with van der Waals surface area (Å²) in [6.07, 6.45) is 4.55. The second kappa shape index (κ2) is 5.65. The summed E-state index contributed by atoms with van der Waals surface area (Å²) in [6.45, 7) is 4.37. The number of hydrogen-bond acceptors (Lipinski definition) is 3. The molecule has 0 aliphatic heterocycles. The van der Waals surface area contributed by atoms with Crippen LogP contribution in [0.15, 0.2) is 12.4 Å². The lowest BCUT2D eigenvalue weighted by molar-refractivity contribution is -0.126. The second-order valence-corrected chi connectivity index (χ2v) is 4.28. The molecule has 2 N–H and O–H groups in total. The Hall–Kier alpha value is -1.36. The lowest BCUT2D eigenvalue weighted by Crippen LogP contribution is -2.34. The van der Waals surface area contributed by atoms with Crippen LogP contribution in [0.25, 0.3) is 0 Å². The molecule has 0 radical (unpaired) electrons. The third-order valence-corrected chi connectivity index (χ3v) is 2.38. The van der Waals surface area contributed by atoms with Gasteiger partial charge in [0.15, 0.2) is 0 Å². The summed E-state index contributed by atoms with van der Waals surface area (Å²) >= 11 is 0. The number of H-pyrrole nitrogens is 1. The van der Waals surface area contributed by atoms with E-state index in [9.17, 15) is 4.79 Å². The minimum atomic E-state index is -0.408. The Morgan fingerprint density at radius 3 is 2.94 bits per heavy atom. The number of carbonyl (C=O) groups is 1. The number of ether oxygens (including phenoxy) is 1. The molecule has 1 aromatic rings. The van der Waals surface area contributed by atoms with Crippen LogP contribution in [0.2, 0.25) is 0 Å². The Morgan fingerprint density at radius 2 is 2.38 bits per heavy atom. The number of nitrogens with zero attached hydrogens (tertiary/aromatic N) is 1. The summed E-state index contributed by atoms with van der Waals surface area (Å²) < 4.78 is 5.18. The van der Waals surface area contributed by atoms with Crippen molar-refractivity contribution in [2.75, 3.05) is 13.7 Å². The van der Waals surface area contributed by atoms with Crippen molar-refractivity contribution < 1.29 is 9.53 Å². The maximum absolute atomic E-state index is 11.5. The highest BCUT2D eigenvalue weighted by molar-refractivity contribution is 5.76. The van der Waals surface area contributed by atoms with E-state index in [1.165, 1.54) is 0 Å². The highest BCUT2D eigenvalue weighted by Gasteiger charge is 2.20. The van der Waals surface area contributed by atoms with E-state index in [1.807, 2.05) is 13.8 Å². The average Bonchev–Trinajstić information content (AvgIpc) is 2.70. The van der Waals surface area contributed by atoms with Crippen molar-refractivity contribution in [3.8, 4) is 0 Å². The van der Waals surface area contributed by atoms with Gasteiger partial charge in [-0.3, -0.25) is 4.79 Å². The highest BCUT2D eigenvalue weighted by Crippen LogP contribution is 2.11. The molecule has 0 unspecified atom stereocenters. The molecular formula is C11H19N3O2. The Labute approximate surface area is 95.6 Å². The number of imidazole rings is 1. The molecular weight excluding hydrogens is 206 g/mol. The minimum Gasteiger partial charge on any atom is -0.378 e. The largest absolute Gasteiger partial charge is 0.378 e. The van der Waals surface area contributed by atoms with Crippen LogP contribution < -0.4 is 5.32 Å². The van der Waals surface area contributed by atoms with Crippen LogP contribution in [-0.2, 0) is 16.0 Å². The van der Waals surface area contributed by atoms with Crippen LogP contribution >= 0.6 is 0 Å². The molecule has 0 atom stereocenters. The van der Waals surface area contributed by atoms with Crippen molar-refractivity contribution >= 4 is 5.91 Å². The van der Waals surface area contributed by atoms with E-state index in [4.69, 9.17) is 4.74 Å². The van der Waals surface area contributed by atoms with E-state index < -0.39 is 5.60 Å². The van der Waals surface area contributed by atoms with E-state index in [2.05, 4.69) is 15.3 Å². The number of rotatable bonds is 6. The van der Waals surface area contributed by atoms with Gasteiger partial charge in [0.2, 0.25) is 5.91 Å². The van der Waals surface area contributed by atoms with Crippen LogP contribution in [0, 0.1) is 0 Å². The zero-order chi connectivity index (χ0) is 12.0. The number of methoxy groups -OCH3 is 1. The van der Waals surface area contributed by atoms with Crippen molar-refractivity contribution in [1.29, 1.82) is 0 Å². The number of aromatic nitrogens is 2. The van der Waals surface area contributed by atoms with Gasteiger partial charge in [0.25, 0.3) is 0 Å². The van der Waals surface area contributed by atoms with Crippen molar-refractivity contribution in [2.45, 2.75) is 32.3 Å². The van der Waals surface area contributed by atoms with Gasteiger partial charge in [-0.15, -0.1) is 0 Å². The number of aromatic amines is 1. The fourth-order valence-corrected chi connectivity index (χ4v) is 1.28. The van der Waals surface area contributed by atoms with Gasteiger partial charge in [0, 0.05) is 32.5 Å². The first-order valence-electron chi connectivity index (χ1n) is 5.33.